The number of fused-ring (bicyclic) bond motifs is 2. The van der Waals surface area contributed by atoms with Gasteiger partial charge in [-0.3, -0.25) is 9.36 Å². The van der Waals surface area contributed by atoms with Crippen LogP contribution in [0, 0.1) is 11.8 Å². The van der Waals surface area contributed by atoms with Gasteiger partial charge in [-0.25, -0.2) is 9.59 Å². The molecule has 3 atom stereocenters. The second kappa shape index (κ2) is 19.3. The van der Waals surface area contributed by atoms with E-state index in [0.717, 1.165) is 108 Å². The number of aryl methyl sites for hydroxylation is 4. The molecule has 346 valence electrons. The van der Waals surface area contributed by atoms with E-state index in [1.165, 1.54) is 44.1 Å². The van der Waals surface area contributed by atoms with Gasteiger partial charge in [-0.1, -0.05) is 51.3 Å². The molecule has 2 aromatic heterocycles. The highest BCUT2D eigenvalue weighted by molar-refractivity contribution is 5.86. The molecule has 2 aromatic carbocycles. The summed E-state index contributed by atoms with van der Waals surface area (Å²) in [6, 6.07) is 12.3. The lowest BCUT2D eigenvalue weighted by molar-refractivity contribution is -0.161. The van der Waals surface area contributed by atoms with Crippen molar-refractivity contribution in [3.8, 4) is 33.8 Å². The zero-order chi connectivity index (χ0) is 46.1. The second-order valence-corrected chi connectivity index (χ2v) is 20.3. The van der Waals surface area contributed by atoms with Crippen LogP contribution in [0.2, 0.25) is 0 Å². The van der Waals surface area contributed by atoms with Crippen LogP contribution in [0.4, 0.5) is 0 Å². The minimum Gasteiger partial charge on any atom is -0.493 e. The van der Waals surface area contributed by atoms with E-state index in [1.54, 1.807) is 16.4 Å². The molecule has 12 heteroatoms. The third-order valence-corrected chi connectivity index (χ3v) is 13.2. The summed E-state index contributed by atoms with van der Waals surface area (Å²) in [6.45, 7) is 19.4. The zero-order valence-electron chi connectivity index (χ0n) is 39.6. The Morgan fingerprint density at radius 1 is 0.703 bits per heavy atom. The van der Waals surface area contributed by atoms with Crippen LogP contribution < -0.4 is 9.47 Å². The summed E-state index contributed by atoms with van der Waals surface area (Å²) in [6.07, 6.45) is 11.1. The maximum absolute atomic E-state index is 12.4. The van der Waals surface area contributed by atoms with Gasteiger partial charge in [0.15, 0.2) is 12.2 Å². The first-order chi connectivity index (χ1) is 30.3. The number of carbonyl (C=O) groups is 2. The maximum atomic E-state index is 12.4. The standard InChI is InChI=1S/C26H36N2O4.C26H34N2O4/c2*1-16(17-9-6-7-10-17)22-21(19-12-13-20-18(15-19)11-8-14-31-20)23(28(5)27-22)24(25(29)30)32-26(2,3)4/h12-13,15-17,24H,6-11,14H2,1-5H3,(H,29,30);12-13,15,17,24H,1,6-11,14H2,2-5H3,(H,29,30). The molecule has 0 bridgehead atoms. The van der Waals surface area contributed by atoms with E-state index in [4.69, 9.17) is 29.1 Å². The van der Waals surface area contributed by atoms with E-state index in [2.05, 4.69) is 25.6 Å². The number of benzene rings is 2. The van der Waals surface area contributed by atoms with E-state index in [-0.39, 0.29) is 5.92 Å². The number of rotatable bonds is 12. The highest BCUT2D eigenvalue weighted by atomic mass is 16.5. The molecule has 64 heavy (non-hydrogen) atoms. The molecule has 0 spiro atoms. The molecule has 3 unspecified atom stereocenters. The molecule has 4 heterocycles. The summed E-state index contributed by atoms with van der Waals surface area (Å²) < 4.78 is 27.1. The quantitative estimate of drug-likeness (QED) is 0.141. The molecule has 4 aliphatic rings. The van der Waals surface area contributed by atoms with E-state index in [9.17, 15) is 19.8 Å². The summed E-state index contributed by atoms with van der Waals surface area (Å²) in [5.41, 5.74) is 8.68. The van der Waals surface area contributed by atoms with Gasteiger partial charge in [0.1, 0.15) is 11.5 Å². The molecule has 8 rings (SSSR count). The summed E-state index contributed by atoms with van der Waals surface area (Å²) in [5.74, 6) is 1.02. The lowest BCUT2D eigenvalue weighted by Gasteiger charge is -2.26. The molecule has 0 radical (unpaired) electrons. The molecule has 0 amide bonds. The Morgan fingerprint density at radius 3 is 1.64 bits per heavy atom. The van der Waals surface area contributed by atoms with Crippen LogP contribution in [0.1, 0.15) is 165 Å². The second-order valence-electron chi connectivity index (χ2n) is 20.3. The average Bonchev–Trinajstić information content (AvgIpc) is 4.08. The minimum atomic E-state index is -1.14. The van der Waals surface area contributed by atoms with Crippen LogP contribution in [0.5, 0.6) is 11.5 Å². The Balaban J connectivity index is 0.000000191. The molecule has 2 aliphatic heterocycles. The summed E-state index contributed by atoms with van der Waals surface area (Å²) in [5, 5.41) is 30.0. The van der Waals surface area contributed by atoms with Gasteiger partial charge in [0.2, 0.25) is 0 Å². The van der Waals surface area contributed by atoms with Crippen LogP contribution >= 0.6 is 0 Å². The third kappa shape index (κ3) is 10.4. The van der Waals surface area contributed by atoms with Crippen molar-refractivity contribution >= 4 is 17.5 Å². The highest BCUT2D eigenvalue weighted by Crippen LogP contribution is 2.46. The smallest absolute Gasteiger partial charge is 0.339 e. The van der Waals surface area contributed by atoms with Gasteiger partial charge in [-0.15, -0.1) is 0 Å². The van der Waals surface area contributed by atoms with E-state index < -0.39 is 35.3 Å². The summed E-state index contributed by atoms with van der Waals surface area (Å²) >= 11 is 0. The van der Waals surface area contributed by atoms with Crippen LogP contribution in [0.3, 0.4) is 0 Å². The number of aromatic nitrogens is 4. The van der Waals surface area contributed by atoms with Crippen LogP contribution in [-0.2, 0) is 46.0 Å². The predicted molar refractivity (Wildman–Crippen MR) is 249 cm³/mol. The van der Waals surface area contributed by atoms with Crippen molar-refractivity contribution in [3.05, 3.63) is 76.9 Å². The summed E-state index contributed by atoms with van der Waals surface area (Å²) in [4.78, 5) is 24.8. The molecule has 12 nitrogen and oxygen atoms in total. The Labute approximate surface area is 379 Å². The largest absolute Gasteiger partial charge is 0.493 e. The van der Waals surface area contributed by atoms with E-state index in [1.807, 2.05) is 72.9 Å². The van der Waals surface area contributed by atoms with E-state index in [0.29, 0.717) is 23.2 Å². The number of allylic oxidation sites excluding steroid dienone is 1. The van der Waals surface area contributed by atoms with E-state index >= 15 is 0 Å². The molecule has 4 aromatic rings. The van der Waals surface area contributed by atoms with Gasteiger partial charge >= 0.3 is 11.9 Å². The van der Waals surface area contributed by atoms with Crippen molar-refractivity contribution in [3.63, 3.8) is 0 Å². The van der Waals surface area contributed by atoms with Crippen molar-refractivity contribution < 1.29 is 38.7 Å². The van der Waals surface area contributed by atoms with Crippen molar-refractivity contribution in [2.24, 2.45) is 25.9 Å². The monoisotopic (exact) mass is 879 g/mol. The lowest BCUT2D eigenvalue weighted by atomic mass is 9.85. The van der Waals surface area contributed by atoms with Gasteiger partial charge in [0, 0.05) is 31.1 Å². The normalized spacial score (nSPS) is 18.2. The fraction of sp³-hybridized carbons (Fsp3) is 0.577. The van der Waals surface area contributed by atoms with Crippen LogP contribution in [0.25, 0.3) is 27.8 Å². The van der Waals surface area contributed by atoms with Gasteiger partial charge in [0.25, 0.3) is 0 Å². The average molecular weight is 879 g/mol. The predicted octanol–water partition coefficient (Wildman–Crippen LogP) is 11.2. The van der Waals surface area contributed by atoms with Gasteiger partial charge in [-0.2, -0.15) is 10.2 Å². The van der Waals surface area contributed by atoms with Crippen LogP contribution in [0.15, 0.2) is 43.0 Å². The molecule has 0 saturated heterocycles. The Morgan fingerprint density at radius 2 is 1.16 bits per heavy atom. The zero-order valence-corrected chi connectivity index (χ0v) is 39.6. The number of carboxylic acids is 2. The van der Waals surface area contributed by atoms with Crippen molar-refractivity contribution in [2.45, 2.75) is 155 Å². The first-order valence-corrected chi connectivity index (χ1v) is 23.5. The fourth-order valence-electron chi connectivity index (χ4n) is 10.2. The maximum Gasteiger partial charge on any atom is 0.339 e. The number of hydrogen-bond acceptors (Lipinski definition) is 8. The minimum absolute atomic E-state index is 0.254. The Bertz CT molecular complexity index is 2330. The highest BCUT2D eigenvalue weighted by Gasteiger charge is 2.38. The lowest BCUT2D eigenvalue weighted by Crippen LogP contribution is -2.29. The van der Waals surface area contributed by atoms with Gasteiger partial charge in [-0.05, 0) is 157 Å². The van der Waals surface area contributed by atoms with Crippen LogP contribution in [-0.4, -0.2) is 66.1 Å². The number of nitrogens with zero attached hydrogens (tertiary/aromatic N) is 4. The van der Waals surface area contributed by atoms with Crippen molar-refractivity contribution in [1.29, 1.82) is 0 Å². The first-order valence-electron chi connectivity index (χ1n) is 23.5. The number of aliphatic carboxylic acids is 2. The molecule has 2 saturated carbocycles. The molecule has 2 fully saturated rings. The van der Waals surface area contributed by atoms with Gasteiger partial charge < -0.3 is 29.2 Å². The topological polar surface area (TPSA) is 147 Å². The first kappa shape index (κ1) is 47.0. The van der Waals surface area contributed by atoms with Crippen molar-refractivity contribution in [1.82, 2.24) is 19.6 Å². The van der Waals surface area contributed by atoms with Gasteiger partial charge in [0.05, 0.1) is 47.2 Å². The fourth-order valence-corrected chi connectivity index (χ4v) is 10.2. The number of hydrogen-bond donors (Lipinski definition) is 2. The molecular formula is C52H70N4O8. The van der Waals surface area contributed by atoms with Crippen molar-refractivity contribution in [2.75, 3.05) is 13.2 Å². The molecular weight excluding hydrogens is 809 g/mol. The SMILES string of the molecule is C=C(c1nn(C)c(C(OC(C)(C)C)C(=O)O)c1-c1ccc2c(c1)CCCO2)C1CCCC1.CC(c1nn(C)c(C(OC(C)(C)C)C(=O)O)c1-c1ccc2c(c1)CCCO2)C1CCCC1. The molecule has 2 N–H and O–H groups in total. The Kier molecular flexibility index (Phi) is 14.2. The number of carboxylic acid groups (broad SMARTS) is 2. The number of ether oxygens (including phenoxy) is 4. The molecule has 2 aliphatic carbocycles. The Hall–Kier alpha value is -4.94. The summed E-state index contributed by atoms with van der Waals surface area (Å²) in [7, 11) is 3.64. The third-order valence-electron chi connectivity index (χ3n) is 13.2.